The van der Waals surface area contributed by atoms with Crippen LogP contribution in [-0.4, -0.2) is 38.1 Å². The third-order valence-electron chi connectivity index (χ3n) is 3.96. The summed E-state index contributed by atoms with van der Waals surface area (Å²) < 4.78 is 26.0. The van der Waals surface area contributed by atoms with Gasteiger partial charge < -0.3 is 4.90 Å². The van der Waals surface area contributed by atoms with Crippen molar-refractivity contribution in [3.8, 4) is 0 Å². The number of benzene rings is 1. The minimum atomic E-state index is -3.22. The lowest BCUT2D eigenvalue weighted by Crippen LogP contribution is -2.33. The first kappa shape index (κ1) is 16.9. The highest BCUT2D eigenvalue weighted by Gasteiger charge is 2.33. The summed E-state index contributed by atoms with van der Waals surface area (Å²) in [5.74, 6) is -0.0730. The molecule has 0 N–H and O–H groups in total. The van der Waals surface area contributed by atoms with Gasteiger partial charge >= 0.3 is 0 Å². The summed E-state index contributed by atoms with van der Waals surface area (Å²) in [6.07, 6.45) is 0.457. The summed E-state index contributed by atoms with van der Waals surface area (Å²) in [5.41, 5.74) is 0.615. The molecule has 3 rings (SSSR count). The molecule has 1 aliphatic rings. The second-order valence-electron chi connectivity index (χ2n) is 5.46. The van der Waals surface area contributed by atoms with Crippen LogP contribution in [0.25, 0.3) is 0 Å². The highest BCUT2D eigenvalue weighted by Crippen LogP contribution is 2.32. The minimum Gasteiger partial charge on any atom is -0.338 e. The van der Waals surface area contributed by atoms with Gasteiger partial charge in [-0.05, 0) is 58.7 Å². The van der Waals surface area contributed by atoms with E-state index in [1.165, 1.54) is 11.3 Å². The van der Waals surface area contributed by atoms with Crippen LogP contribution in [0.1, 0.15) is 26.9 Å². The molecule has 7 heteroatoms. The Bertz CT molecular complexity index is 802. The molecule has 0 aliphatic carbocycles. The summed E-state index contributed by atoms with van der Waals surface area (Å²) in [5, 5.41) is 1.40. The monoisotopic (exact) mass is 461 g/mol. The van der Waals surface area contributed by atoms with Crippen LogP contribution in [0.5, 0.6) is 0 Å². The van der Waals surface area contributed by atoms with Gasteiger partial charge in [0.1, 0.15) is 0 Å². The largest absolute Gasteiger partial charge is 0.338 e. The molecule has 0 saturated carbocycles. The second kappa shape index (κ2) is 6.90. The van der Waals surface area contributed by atoms with E-state index in [2.05, 4.69) is 22.6 Å². The molecule has 1 saturated heterocycles. The Labute approximate surface area is 153 Å². The molecule has 1 aromatic carbocycles. The SMILES string of the molecule is O=C(c1cccc(I)c1)N1CCC(c2cccs2)S(=O)(=O)CC1. The second-order valence-corrected chi connectivity index (χ2v) is 9.99. The maximum absolute atomic E-state index is 12.6. The molecule has 23 heavy (non-hydrogen) atoms. The van der Waals surface area contributed by atoms with E-state index in [9.17, 15) is 13.2 Å². The lowest BCUT2D eigenvalue weighted by atomic mass is 10.2. The summed E-state index contributed by atoms with van der Waals surface area (Å²) in [6, 6.07) is 11.1. The average molecular weight is 461 g/mol. The lowest BCUT2D eigenvalue weighted by Gasteiger charge is -2.20. The van der Waals surface area contributed by atoms with Crippen molar-refractivity contribution in [3.05, 3.63) is 55.8 Å². The van der Waals surface area contributed by atoms with Crippen LogP contribution in [0.3, 0.4) is 0 Å². The standard InChI is InChI=1S/C16H16INO3S2/c17-13-4-1-3-12(11-13)16(19)18-7-6-15(14-5-2-9-22-14)23(20,21)10-8-18/h1-5,9,11,15H,6-8,10H2. The van der Waals surface area contributed by atoms with E-state index in [0.29, 0.717) is 18.5 Å². The van der Waals surface area contributed by atoms with Gasteiger partial charge in [-0.2, -0.15) is 0 Å². The van der Waals surface area contributed by atoms with E-state index in [4.69, 9.17) is 0 Å². The van der Waals surface area contributed by atoms with Gasteiger partial charge in [-0.25, -0.2) is 8.42 Å². The van der Waals surface area contributed by atoms with E-state index in [0.717, 1.165) is 8.45 Å². The number of hydrogen-bond donors (Lipinski definition) is 0. The quantitative estimate of drug-likeness (QED) is 0.645. The molecule has 1 aromatic heterocycles. The van der Waals surface area contributed by atoms with Crippen LogP contribution in [0.2, 0.25) is 0 Å². The predicted molar refractivity (Wildman–Crippen MR) is 101 cm³/mol. The number of halogens is 1. The molecule has 1 amide bonds. The molecule has 0 bridgehead atoms. The van der Waals surface area contributed by atoms with E-state index in [1.54, 1.807) is 11.0 Å². The molecule has 4 nitrogen and oxygen atoms in total. The van der Waals surface area contributed by atoms with Crippen LogP contribution in [0, 0.1) is 3.57 Å². The molecular weight excluding hydrogens is 445 g/mol. The Hall–Kier alpha value is -0.930. The zero-order valence-corrected chi connectivity index (χ0v) is 16.1. The normalized spacial score (nSPS) is 20.9. The minimum absolute atomic E-state index is 0.0191. The fraction of sp³-hybridized carbons (Fsp3) is 0.312. The number of amides is 1. The van der Waals surface area contributed by atoms with E-state index in [-0.39, 0.29) is 18.2 Å². The Morgan fingerprint density at radius 1 is 1.22 bits per heavy atom. The van der Waals surface area contributed by atoms with E-state index < -0.39 is 15.1 Å². The number of nitrogens with zero attached hydrogens (tertiary/aromatic N) is 1. The zero-order valence-electron chi connectivity index (χ0n) is 12.3. The van der Waals surface area contributed by atoms with Crippen molar-refractivity contribution >= 4 is 49.7 Å². The van der Waals surface area contributed by atoms with Gasteiger partial charge in [-0.15, -0.1) is 11.3 Å². The highest BCUT2D eigenvalue weighted by atomic mass is 127. The smallest absolute Gasteiger partial charge is 0.253 e. The van der Waals surface area contributed by atoms with Crippen LogP contribution in [-0.2, 0) is 9.84 Å². The first-order chi connectivity index (χ1) is 11.0. The van der Waals surface area contributed by atoms with Crippen LogP contribution in [0.15, 0.2) is 41.8 Å². The molecule has 1 unspecified atom stereocenters. The summed E-state index contributed by atoms with van der Waals surface area (Å²) in [4.78, 5) is 15.2. The lowest BCUT2D eigenvalue weighted by molar-refractivity contribution is 0.0766. The summed E-state index contributed by atoms with van der Waals surface area (Å²) >= 11 is 3.63. The fourth-order valence-corrected chi connectivity index (χ4v) is 6.29. The van der Waals surface area contributed by atoms with E-state index >= 15 is 0 Å². The predicted octanol–water partition coefficient (Wildman–Crippen LogP) is 3.35. The first-order valence-electron chi connectivity index (χ1n) is 7.27. The van der Waals surface area contributed by atoms with Crippen molar-refractivity contribution in [2.45, 2.75) is 11.7 Å². The van der Waals surface area contributed by atoms with Crippen molar-refractivity contribution in [2.24, 2.45) is 0 Å². The van der Waals surface area contributed by atoms with Gasteiger partial charge in [0, 0.05) is 27.1 Å². The van der Waals surface area contributed by atoms with Gasteiger partial charge in [0.05, 0.1) is 11.0 Å². The molecule has 2 aromatic rings. The first-order valence-corrected chi connectivity index (χ1v) is 10.9. The third kappa shape index (κ3) is 3.77. The highest BCUT2D eigenvalue weighted by molar-refractivity contribution is 14.1. The van der Waals surface area contributed by atoms with Crippen molar-refractivity contribution in [2.75, 3.05) is 18.8 Å². The van der Waals surface area contributed by atoms with Gasteiger partial charge in [-0.1, -0.05) is 12.1 Å². The topological polar surface area (TPSA) is 54.5 Å². The number of carbonyl (C=O) groups is 1. The molecule has 2 heterocycles. The van der Waals surface area contributed by atoms with Gasteiger partial charge in [0.15, 0.2) is 9.84 Å². The summed E-state index contributed by atoms with van der Waals surface area (Å²) in [7, 11) is -3.22. The summed E-state index contributed by atoms with van der Waals surface area (Å²) in [6.45, 7) is 0.723. The number of sulfone groups is 1. The maximum atomic E-state index is 12.6. The number of rotatable bonds is 2. The van der Waals surface area contributed by atoms with Gasteiger partial charge in [0.25, 0.3) is 5.91 Å². The number of hydrogen-bond acceptors (Lipinski definition) is 4. The number of carbonyl (C=O) groups excluding carboxylic acids is 1. The Morgan fingerprint density at radius 3 is 2.74 bits per heavy atom. The Balaban J connectivity index is 1.81. The van der Waals surface area contributed by atoms with Crippen LogP contribution < -0.4 is 0 Å². The van der Waals surface area contributed by atoms with E-state index in [1.807, 2.05) is 35.7 Å². The number of thiophene rings is 1. The molecule has 1 atom stereocenters. The molecule has 1 aliphatic heterocycles. The van der Waals surface area contributed by atoms with Gasteiger partial charge in [-0.3, -0.25) is 4.79 Å². The van der Waals surface area contributed by atoms with Crippen molar-refractivity contribution in [3.63, 3.8) is 0 Å². The molecule has 122 valence electrons. The Morgan fingerprint density at radius 2 is 2.04 bits per heavy atom. The van der Waals surface area contributed by atoms with Crippen molar-refractivity contribution in [1.82, 2.24) is 4.90 Å². The van der Waals surface area contributed by atoms with Crippen LogP contribution in [0.4, 0.5) is 0 Å². The molecule has 0 spiro atoms. The molecule has 0 radical (unpaired) electrons. The Kier molecular flexibility index (Phi) is 5.07. The van der Waals surface area contributed by atoms with Crippen molar-refractivity contribution < 1.29 is 13.2 Å². The van der Waals surface area contributed by atoms with Crippen LogP contribution >= 0.6 is 33.9 Å². The molecular formula is C16H16INO3S2. The average Bonchev–Trinajstić information content (AvgIpc) is 2.98. The molecule has 1 fully saturated rings. The third-order valence-corrected chi connectivity index (χ3v) is 7.87. The maximum Gasteiger partial charge on any atom is 0.253 e. The van der Waals surface area contributed by atoms with Crippen molar-refractivity contribution in [1.29, 1.82) is 0 Å². The van der Waals surface area contributed by atoms with Gasteiger partial charge in [0.2, 0.25) is 0 Å². The fourth-order valence-electron chi connectivity index (χ4n) is 2.75. The zero-order chi connectivity index (χ0) is 16.4.